The van der Waals surface area contributed by atoms with E-state index in [1.807, 2.05) is 12.1 Å². The zero-order valence-corrected chi connectivity index (χ0v) is 14.7. The third-order valence-electron chi connectivity index (χ3n) is 3.11. The third kappa shape index (κ3) is 6.15. The monoisotopic (exact) mass is 378 g/mol. The highest BCUT2D eigenvalue weighted by atomic mass is 35.7. The van der Waals surface area contributed by atoms with Crippen LogP contribution in [0.25, 0.3) is 10.6 Å². The number of aromatic nitrogens is 1. The van der Waals surface area contributed by atoms with Crippen molar-refractivity contribution in [2.24, 2.45) is 0 Å². The summed E-state index contributed by atoms with van der Waals surface area (Å²) >= 11 is 0. The number of methoxy groups -OCH3 is 1. The molecule has 3 rings (SSSR count). The molecule has 0 unspecified atom stereocenters. The summed E-state index contributed by atoms with van der Waals surface area (Å²) in [6.07, 6.45) is 2.59. The van der Waals surface area contributed by atoms with Gasteiger partial charge in [0.2, 0.25) is 5.01 Å². The minimum absolute atomic E-state index is 0.888. The predicted molar refractivity (Wildman–Crippen MR) is 76.2 cm³/mol. The van der Waals surface area contributed by atoms with Gasteiger partial charge in [-0.25, -0.2) is 23.2 Å². The maximum atomic E-state index is 8.49. The smallest absolute Gasteiger partial charge is 0.388 e. The zero-order valence-electron chi connectivity index (χ0n) is 12.3. The van der Waals surface area contributed by atoms with Crippen molar-refractivity contribution in [3.8, 4) is 16.3 Å². The molecule has 0 radical (unpaired) electrons. The SMILES string of the molecule is COc1ccc(-c2nc(=[N+]3CCCC3)ss2)cc1.[O-][Cl+3]([O-])([O-])[O-]. The fraction of sp³-hybridized carbons (Fsp3) is 0.385. The van der Waals surface area contributed by atoms with Crippen LogP contribution in [0, 0.1) is 10.2 Å². The molecular weight excluding hydrogens is 364 g/mol. The second-order valence-corrected chi connectivity index (χ2v) is 7.51. The van der Waals surface area contributed by atoms with E-state index < -0.39 is 10.2 Å². The number of rotatable bonds is 2. The summed E-state index contributed by atoms with van der Waals surface area (Å²) in [5, 5.41) is 1.10. The van der Waals surface area contributed by atoms with Crippen LogP contribution in [-0.4, -0.2) is 25.2 Å². The van der Waals surface area contributed by atoms with E-state index in [0.717, 1.165) is 23.8 Å². The minimum atomic E-state index is -4.94. The largest absolute Gasteiger partial charge is 0.497 e. The van der Waals surface area contributed by atoms with E-state index in [-0.39, 0.29) is 0 Å². The summed E-state index contributed by atoms with van der Waals surface area (Å²) in [5.74, 6) is 0.888. The summed E-state index contributed by atoms with van der Waals surface area (Å²) < 4.78 is 41.5. The Kier molecular flexibility index (Phi) is 6.48. The van der Waals surface area contributed by atoms with E-state index in [1.54, 1.807) is 27.8 Å². The molecule has 0 aliphatic carbocycles. The van der Waals surface area contributed by atoms with Crippen molar-refractivity contribution >= 4 is 20.7 Å². The van der Waals surface area contributed by atoms with Gasteiger partial charge in [0.1, 0.15) is 5.75 Å². The molecule has 1 aliphatic rings. The van der Waals surface area contributed by atoms with Gasteiger partial charge in [-0.3, -0.25) is 0 Å². The van der Waals surface area contributed by atoms with Crippen molar-refractivity contribution < 1.29 is 33.6 Å². The van der Waals surface area contributed by atoms with Gasteiger partial charge < -0.3 is 4.74 Å². The zero-order chi connectivity index (χ0) is 16.9. The van der Waals surface area contributed by atoms with Gasteiger partial charge in [-0.15, -0.1) is 10.2 Å². The lowest BCUT2D eigenvalue weighted by Crippen LogP contribution is -2.68. The molecule has 1 aromatic carbocycles. The van der Waals surface area contributed by atoms with E-state index >= 15 is 0 Å². The van der Waals surface area contributed by atoms with Gasteiger partial charge >= 0.3 is 4.80 Å². The number of benzene rings is 1. The lowest BCUT2D eigenvalue weighted by Gasteiger charge is -2.17. The molecule has 23 heavy (non-hydrogen) atoms. The van der Waals surface area contributed by atoms with Gasteiger partial charge in [0.05, 0.1) is 20.2 Å². The van der Waals surface area contributed by atoms with Crippen LogP contribution in [-0.2, 0) is 0 Å². The molecule has 126 valence electrons. The van der Waals surface area contributed by atoms with E-state index in [1.165, 1.54) is 23.2 Å². The van der Waals surface area contributed by atoms with Crippen LogP contribution < -0.4 is 32.7 Å². The first-order valence-electron chi connectivity index (χ1n) is 6.68. The average Bonchev–Trinajstić information content (AvgIpc) is 3.16. The van der Waals surface area contributed by atoms with Gasteiger partial charge in [-0.05, 0) is 52.4 Å². The van der Waals surface area contributed by atoms with Crippen LogP contribution in [0.2, 0.25) is 0 Å². The fourth-order valence-corrected chi connectivity index (χ4v) is 4.35. The van der Waals surface area contributed by atoms with Gasteiger partial charge in [0.25, 0.3) is 0 Å². The Labute approximate surface area is 142 Å². The molecule has 10 heteroatoms. The molecule has 1 aliphatic heterocycles. The summed E-state index contributed by atoms with van der Waals surface area (Å²) in [7, 11) is 0.270. The summed E-state index contributed by atoms with van der Waals surface area (Å²) in [6, 6.07) is 8.10. The number of halogens is 1. The minimum Gasteiger partial charge on any atom is -0.497 e. The topological polar surface area (TPSA) is 117 Å². The van der Waals surface area contributed by atoms with E-state index in [0.29, 0.717) is 0 Å². The van der Waals surface area contributed by atoms with E-state index in [2.05, 4.69) is 16.7 Å². The maximum absolute atomic E-state index is 8.49. The van der Waals surface area contributed by atoms with Crippen molar-refractivity contribution in [2.45, 2.75) is 12.8 Å². The molecule has 0 atom stereocenters. The molecule has 2 heterocycles. The lowest BCUT2D eigenvalue weighted by atomic mass is 10.2. The van der Waals surface area contributed by atoms with E-state index in [9.17, 15) is 0 Å². The molecule has 0 spiro atoms. The molecule has 1 fully saturated rings. The van der Waals surface area contributed by atoms with Crippen LogP contribution in [0.15, 0.2) is 24.3 Å². The van der Waals surface area contributed by atoms with Gasteiger partial charge in [0.15, 0.2) is 0 Å². The second-order valence-electron chi connectivity index (χ2n) is 4.67. The quantitative estimate of drug-likeness (QED) is 0.428. The first kappa shape index (κ1) is 18.3. The molecule has 7 nitrogen and oxygen atoms in total. The van der Waals surface area contributed by atoms with Gasteiger partial charge in [0, 0.05) is 15.9 Å². The first-order chi connectivity index (χ1) is 10.9. The fourth-order valence-electron chi connectivity index (χ4n) is 2.08. The Bertz CT molecular complexity index is 679. The lowest BCUT2D eigenvalue weighted by molar-refractivity contribution is -2.00. The Morgan fingerprint density at radius 1 is 1.04 bits per heavy atom. The number of ether oxygens (including phenoxy) is 1. The number of hydrogen-bond donors (Lipinski definition) is 0. The van der Waals surface area contributed by atoms with Crippen molar-refractivity contribution in [3.63, 3.8) is 0 Å². The van der Waals surface area contributed by atoms with Crippen molar-refractivity contribution in [1.29, 1.82) is 0 Å². The predicted octanol–water partition coefficient (Wildman–Crippen LogP) is -2.31. The summed E-state index contributed by atoms with van der Waals surface area (Å²) in [5.41, 5.74) is 1.17. The van der Waals surface area contributed by atoms with Crippen molar-refractivity contribution in [3.05, 3.63) is 29.1 Å². The average molecular weight is 379 g/mol. The molecule has 2 aromatic rings. The van der Waals surface area contributed by atoms with Crippen LogP contribution >= 0.6 is 20.7 Å². The van der Waals surface area contributed by atoms with Crippen molar-refractivity contribution in [1.82, 2.24) is 9.56 Å². The summed E-state index contributed by atoms with van der Waals surface area (Å²) in [6.45, 7) is 2.31. The standard InChI is InChI=1S/C13H15N2OS2.ClHO4/c1-16-11-6-4-10(5-7-11)12-14-13(18-17-12)15-8-2-3-9-15;2-1(3,4)5/h4-7H,2-3,8-9H2,1H3;(H,2,3,4,5)/q+1;/p-1. The Balaban J connectivity index is 0.000000338. The molecule has 1 aromatic heterocycles. The normalized spacial score (nSPS) is 14.4. The molecule has 0 saturated carbocycles. The van der Waals surface area contributed by atoms with Gasteiger partial charge in [-0.2, -0.15) is 0 Å². The molecule has 1 saturated heterocycles. The van der Waals surface area contributed by atoms with Gasteiger partial charge in [-0.1, -0.05) is 0 Å². The number of hydrogen-bond acceptors (Lipinski definition) is 8. The van der Waals surface area contributed by atoms with E-state index in [4.69, 9.17) is 28.4 Å². The molecule has 0 amide bonds. The van der Waals surface area contributed by atoms with Crippen LogP contribution in [0.1, 0.15) is 12.8 Å². The second kappa shape index (κ2) is 8.15. The third-order valence-corrected chi connectivity index (χ3v) is 5.34. The Hall–Kier alpha value is -1.07. The Morgan fingerprint density at radius 3 is 2.13 bits per heavy atom. The summed E-state index contributed by atoms with van der Waals surface area (Å²) in [4.78, 5) is 5.91. The van der Waals surface area contributed by atoms with Crippen LogP contribution in [0.4, 0.5) is 0 Å². The van der Waals surface area contributed by atoms with Crippen molar-refractivity contribution in [2.75, 3.05) is 20.2 Å². The number of nitrogens with zero attached hydrogens (tertiary/aromatic N) is 2. The highest BCUT2D eigenvalue weighted by Crippen LogP contribution is 2.24. The highest BCUT2D eigenvalue weighted by molar-refractivity contribution is 7.69. The van der Waals surface area contributed by atoms with Crippen LogP contribution in [0.3, 0.4) is 0 Å². The maximum Gasteiger partial charge on any atom is 0.388 e. The molecule has 0 N–H and O–H groups in total. The highest BCUT2D eigenvalue weighted by Gasteiger charge is 2.16. The molecular formula is C13H15ClN2O5S2. The first-order valence-corrected chi connectivity index (χ1v) is 10.1. The Morgan fingerprint density at radius 2 is 1.61 bits per heavy atom. The molecule has 0 bridgehead atoms. The van der Waals surface area contributed by atoms with Crippen LogP contribution in [0.5, 0.6) is 5.75 Å².